The number of benzene rings is 1. The van der Waals surface area contributed by atoms with Crippen LogP contribution in [0.25, 0.3) is 0 Å². The molecule has 2 unspecified atom stereocenters. The number of rotatable bonds is 5. The van der Waals surface area contributed by atoms with Gasteiger partial charge in [0.05, 0.1) is 12.1 Å². The van der Waals surface area contributed by atoms with Crippen LogP contribution in [0.4, 0.5) is 0 Å². The van der Waals surface area contributed by atoms with Gasteiger partial charge in [0.25, 0.3) is 0 Å². The molecule has 0 spiro atoms. The molecule has 1 heterocycles. The molecule has 0 saturated carbocycles. The summed E-state index contributed by atoms with van der Waals surface area (Å²) in [6.07, 6.45) is 4.49. The SMILES string of the molecule is CN(C)C(CNC(=O)C1CCCCCN1)c1ccccc1. The number of nitrogens with zero attached hydrogens (tertiary/aromatic N) is 1. The predicted octanol–water partition coefficient (Wildman–Crippen LogP) is 1.94. The zero-order chi connectivity index (χ0) is 15.1. The molecule has 1 aliphatic rings. The Morgan fingerprint density at radius 2 is 2.05 bits per heavy atom. The second-order valence-electron chi connectivity index (χ2n) is 5.99. The quantitative estimate of drug-likeness (QED) is 0.870. The van der Waals surface area contributed by atoms with Crippen molar-refractivity contribution >= 4 is 5.91 Å². The summed E-state index contributed by atoms with van der Waals surface area (Å²) in [4.78, 5) is 14.5. The number of carbonyl (C=O) groups excluding carboxylic acids is 1. The third kappa shape index (κ3) is 4.83. The Labute approximate surface area is 127 Å². The van der Waals surface area contributed by atoms with Crippen LogP contribution in [0.1, 0.15) is 37.3 Å². The van der Waals surface area contributed by atoms with E-state index in [1.165, 1.54) is 18.4 Å². The number of likely N-dealkylation sites (N-methyl/N-ethyl adjacent to an activating group) is 1. The Bertz CT molecular complexity index is 425. The van der Waals surface area contributed by atoms with Crippen LogP contribution >= 0.6 is 0 Å². The minimum atomic E-state index is -0.0221. The van der Waals surface area contributed by atoms with Gasteiger partial charge < -0.3 is 15.5 Å². The van der Waals surface area contributed by atoms with E-state index < -0.39 is 0 Å². The summed E-state index contributed by atoms with van der Waals surface area (Å²) < 4.78 is 0. The highest BCUT2D eigenvalue weighted by atomic mass is 16.2. The van der Waals surface area contributed by atoms with Crippen LogP contribution in [0.15, 0.2) is 30.3 Å². The Hall–Kier alpha value is -1.39. The van der Waals surface area contributed by atoms with Crippen LogP contribution in [-0.4, -0.2) is 44.0 Å². The fourth-order valence-corrected chi connectivity index (χ4v) is 2.85. The molecule has 4 heteroatoms. The Kier molecular flexibility index (Phi) is 6.21. The van der Waals surface area contributed by atoms with Gasteiger partial charge in [-0.05, 0) is 39.0 Å². The molecule has 1 fully saturated rings. The van der Waals surface area contributed by atoms with Crippen LogP contribution in [0, 0.1) is 0 Å². The number of amides is 1. The van der Waals surface area contributed by atoms with Crippen molar-refractivity contribution in [2.75, 3.05) is 27.2 Å². The van der Waals surface area contributed by atoms with Crippen LogP contribution in [0.5, 0.6) is 0 Å². The average Bonchev–Trinajstić information content (AvgIpc) is 2.77. The molecule has 21 heavy (non-hydrogen) atoms. The summed E-state index contributed by atoms with van der Waals surface area (Å²) in [6, 6.07) is 10.5. The topological polar surface area (TPSA) is 44.4 Å². The Morgan fingerprint density at radius 3 is 2.76 bits per heavy atom. The highest BCUT2D eigenvalue weighted by molar-refractivity contribution is 5.81. The molecule has 1 aromatic rings. The van der Waals surface area contributed by atoms with Crippen molar-refractivity contribution in [1.82, 2.24) is 15.5 Å². The highest BCUT2D eigenvalue weighted by Crippen LogP contribution is 2.17. The van der Waals surface area contributed by atoms with Crippen molar-refractivity contribution < 1.29 is 4.79 Å². The smallest absolute Gasteiger partial charge is 0.237 e. The van der Waals surface area contributed by atoms with E-state index in [1.807, 2.05) is 32.3 Å². The molecule has 2 N–H and O–H groups in total. The van der Waals surface area contributed by atoms with Crippen LogP contribution < -0.4 is 10.6 Å². The summed E-state index contributed by atoms with van der Waals surface area (Å²) in [5.74, 6) is 0.139. The summed E-state index contributed by atoms with van der Waals surface area (Å²) in [7, 11) is 4.10. The van der Waals surface area contributed by atoms with E-state index in [1.54, 1.807) is 0 Å². The number of hydrogen-bond acceptors (Lipinski definition) is 3. The lowest BCUT2D eigenvalue weighted by Gasteiger charge is -2.26. The zero-order valence-electron chi connectivity index (χ0n) is 13.1. The fraction of sp³-hybridized carbons (Fsp3) is 0.588. The first-order chi connectivity index (χ1) is 10.2. The van der Waals surface area contributed by atoms with E-state index in [2.05, 4.69) is 27.7 Å². The van der Waals surface area contributed by atoms with E-state index in [9.17, 15) is 4.79 Å². The highest BCUT2D eigenvalue weighted by Gasteiger charge is 2.21. The van der Waals surface area contributed by atoms with Crippen LogP contribution in [0.3, 0.4) is 0 Å². The normalized spacial score (nSPS) is 20.8. The van der Waals surface area contributed by atoms with Crippen molar-refractivity contribution in [3.8, 4) is 0 Å². The second-order valence-corrected chi connectivity index (χ2v) is 5.99. The Balaban J connectivity index is 1.91. The van der Waals surface area contributed by atoms with Crippen molar-refractivity contribution in [3.05, 3.63) is 35.9 Å². The summed E-state index contributed by atoms with van der Waals surface area (Å²) in [5.41, 5.74) is 1.23. The van der Waals surface area contributed by atoms with Crippen LogP contribution in [0.2, 0.25) is 0 Å². The average molecular weight is 289 g/mol. The van der Waals surface area contributed by atoms with Gasteiger partial charge >= 0.3 is 0 Å². The third-order valence-electron chi connectivity index (χ3n) is 4.15. The molecule has 1 aliphatic heterocycles. The van der Waals surface area contributed by atoms with E-state index in [0.717, 1.165) is 19.4 Å². The van der Waals surface area contributed by atoms with Gasteiger partial charge in [-0.25, -0.2) is 0 Å². The molecule has 1 amide bonds. The first-order valence-corrected chi connectivity index (χ1v) is 7.91. The summed E-state index contributed by atoms with van der Waals surface area (Å²) >= 11 is 0. The monoisotopic (exact) mass is 289 g/mol. The molecule has 2 atom stereocenters. The lowest BCUT2D eigenvalue weighted by Crippen LogP contribution is -2.46. The molecular weight excluding hydrogens is 262 g/mol. The molecule has 1 saturated heterocycles. The maximum absolute atomic E-state index is 12.3. The van der Waals surface area contributed by atoms with Gasteiger partial charge in [0, 0.05) is 6.54 Å². The van der Waals surface area contributed by atoms with Gasteiger partial charge in [-0.3, -0.25) is 4.79 Å². The molecular formula is C17H27N3O. The van der Waals surface area contributed by atoms with Gasteiger partial charge in [-0.1, -0.05) is 43.2 Å². The molecule has 0 radical (unpaired) electrons. The molecule has 2 rings (SSSR count). The number of hydrogen-bond donors (Lipinski definition) is 2. The first kappa shape index (κ1) is 16.0. The van der Waals surface area contributed by atoms with Gasteiger partial charge in [-0.15, -0.1) is 0 Å². The third-order valence-corrected chi connectivity index (χ3v) is 4.15. The standard InChI is InChI=1S/C17H27N3O/c1-20(2)16(14-9-5-3-6-10-14)13-19-17(21)15-11-7-4-8-12-18-15/h3,5-6,9-10,15-16,18H,4,7-8,11-13H2,1-2H3,(H,19,21). The van der Waals surface area contributed by atoms with Gasteiger partial charge in [0.2, 0.25) is 5.91 Å². The molecule has 1 aromatic carbocycles. The Morgan fingerprint density at radius 1 is 1.29 bits per heavy atom. The maximum Gasteiger partial charge on any atom is 0.237 e. The van der Waals surface area contributed by atoms with Crippen molar-refractivity contribution in [1.29, 1.82) is 0 Å². The molecule has 0 bridgehead atoms. The number of nitrogens with one attached hydrogen (secondary N) is 2. The molecule has 116 valence electrons. The lowest BCUT2D eigenvalue weighted by molar-refractivity contribution is -0.123. The molecule has 0 aromatic heterocycles. The second kappa shape index (κ2) is 8.15. The largest absolute Gasteiger partial charge is 0.353 e. The first-order valence-electron chi connectivity index (χ1n) is 7.91. The van der Waals surface area contributed by atoms with Crippen LogP contribution in [-0.2, 0) is 4.79 Å². The van der Waals surface area contributed by atoms with Crippen molar-refractivity contribution in [2.24, 2.45) is 0 Å². The van der Waals surface area contributed by atoms with E-state index in [4.69, 9.17) is 0 Å². The predicted molar refractivity (Wildman–Crippen MR) is 86.1 cm³/mol. The zero-order valence-corrected chi connectivity index (χ0v) is 13.1. The van der Waals surface area contributed by atoms with Gasteiger partial charge in [0.1, 0.15) is 0 Å². The van der Waals surface area contributed by atoms with Crippen molar-refractivity contribution in [3.63, 3.8) is 0 Å². The molecule has 4 nitrogen and oxygen atoms in total. The summed E-state index contributed by atoms with van der Waals surface area (Å²) in [5, 5.41) is 6.47. The van der Waals surface area contributed by atoms with Gasteiger partial charge in [-0.2, -0.15) is 0 Å². The van der Waals surface area contributed by atoms with Crippen molar-refractivity contribution in [2.45, 2.75) is 37.8 Å². The minimum absolute atomic E-state index is 0.0221. The fourth-order valence-electron chi connectivity index (χ4n) is 2.85. The lowest BCUT2D eigenvalue weighted by atomic mass is 10.1. The maximum atomic E-state index is 12.3. The summed E-state index contributed by atoms with van der Waals surface area (Å²) in [6.45, 7) is 1.60. The van der Waals surface area contributed by atoms with E-state index in [-0.39, 0.29) is 18.0 Å². The number of carbonyl (C=O) groups is 1. The van der Waals surface area contributed by atoms with E-state index in [0.29, 0.717) is 6.54 Å². The van der Waals surface area contributed by atoms with E-state index >= 15 is 0 Å². The minimum Gasteiger partial charge on any atom is -0.353 e. The molecule has 0 aliphatic carbocycles. The van der Waals surface area contributed by atoms with Gasteiger partial charge in [0.15, 0.2) is 0 Å².